The third kappa shape index (κ3) is 2.97. The first-order chi connectivity index (χ1) is 9.63. The number of carboxylic acids is 1. The van der Waals surface area contributed by atoms with Gasteiger partial charge in [0.15, 0.2) is 0 Å². The van der Waals surface area contributed by atoms with Crippen LogP contribution in [0.2, 0.25) is 0 Å². The first-order valence-electron chi connectivity index (χ1n) is 5.76. The number of anilines is 1. The largest absolute Gasteiger partial charge is 0.478 e. The lowest BCUT2D eigenvalue weighted by atomic mass is 10.2. The van der Waals surface area contributed by atoms with Gasteiger partial charge in [0, 0.05) is 11.1 Å². The van der Waals surface area contributed by atoms with Crippen LogP contribution in [0, 0.1) is 0 Å². The quantitative estimate of drug-likeness (QED) is 0.846. The lowest BCUT2D eigenvalue weighted by Gasteiger charge is -2.09. The monoisotopic (exact) mass is 288 g/mol. The second-order valence-electron chi connectivity index (χ2n) is 3.86. The lowest BCUT2D eigenvalue weighted by Crippen LogP contribution is -2.18. The van der Waals surface area contributed by atoms with Crippen molar-refractivity contribution >= 4 is 29.3 Å². The molecule has 1 aromatic heterocycles. The molecule has 0 bridgehead atoms. The number of aromatic nitrogens is 1. The highest BCUT2D eigenvalue weighted by molar-refractivity contribution is 7.98. The minimum Gasteiger partial charge on any atom is -0.478 e. The summed E-state index contributed by atoms with van der Waals surface area (Å²) in [6, 6.07) is 10.1. The fourth-order valence-corrected chi connectivity index (χ4v) is 2.24. The highest BCUT2D eigenvalue weighted by Gasteiger charge is 2.18. The van der Waals surface area contributed by atoms with E-state index in [9.17, 15) is 9.59 Å². The average Bonchev–Trinajstić information content (AvgIpc) is 2.47. The number of aromatic carboxylic acids is 1. The van der Waals surface area contributed by atoms with Gasteiger partial charge in [0.05, 0.1) is 11.3 Å². The van der Waals surface area contributed by atoms with Gasteiger partial charge in [0.1, 0.15) is 5.69 Å². The molecule has 0 radical (unpaired) electrons. The van der Waals surface area contributed by atoms with Crippen LogP contribution in [0.5, 0.6) is 0 Å². The van der Waals surface area contributed by atoms with Crippen molar-refractivity contribution in [1.29, 1.82) is 0 Å². The summed E-state index contributed by atoms with van der Waals surface area (Å²) in [7, 11) is 0. The Balaban J connectivity index is 2.31. The van der Waals surface area contributed by atoms with Gasteiger partial charge < -0.3 is 10.4 Å². The Hall–Kier alpha value is -2.34. The number of para-hydroxylation sites is 1. The minimum absolute atomic E-state index is 0.101. The van der Waals surface area contributed by atoms with Crippen molar-refractivity contribution in [2.24, 2.45) is 0 Å². The fraction of sp³-hybridized carbons (Fsp3) is 0.0714. The molecule has 102 valence electrons. The Morgan fingerprint density at radius 3 is 2.65 bits per heavy atom. The summed E-state index contributed by atoms with van der Waals surface area (Å²) >= 11 is 1.49. The molecular weight excluding hydrogens is 276 g/mol. The molecule has 2 aromatic rings. The van der Waals surface area contributed by atoms with E-state index in [0.717, 1.165) is 4.90 Å². The number of carboxylic acid groups (broad SMARTS) is 1. The Labute approximate surface area is 120 Å². The van der Waals surface area contributed by atoms with Gasteiger partial charge in [0.2, 0.25) is 0 Å². The van der Waals surface area contributed by atoms with Gasteiger partial charge >= 0.3 is 5.97 Å². The predicted octanol–water partition coefficient (Wildman–Crippen LogP) is 2.75. The van der Waals surface area contributed by atoms with Gasteiger partial charge in [-0.3, -0.25) is 9.78 Å². The predicted molar refractivity (Wildman–Crippen MR) is 77.4 cm³/mol. The smallest absolute Gasteiger partial charge is 0.338 e. The average molecular weight is 288 g/mol. The van der Waals surface area contributed by atoms with Gasteiger partial charge in [0.25, 0.3) is 5.91 Å². The summed E-state index contributed by atoms with van der Waals surface area (Å²) in [6.45, 7) is 0. The van der Waals surface area contributed by atoms with E-state index in [1.54, 1.807) is 12.1 Å². The zero-order valence-electron chi connectivity index (χ0n) is 10.7. The first-order valence-corrected chi connectivity index (χ1v) is 6.98. The van der Waals surface area contributed by atoms with Crippen molar-refractivity contribution in [2.75, 3.05) is 11.6 Å². The fourth-order valence-electron chi connectivity index (χ4n) is 1.69. The summed E-state index contributed by atoms with van der Waals surface area (Å²) in [5.41, 5.74) is 0.412. The van der Waals surface area contributed by atoms with Crippen LogP contribution >= 0.6 is 11.8 Å². The number of carbonyl (C=O) groups is 2. The SMILES string of the molecule is CSc1ccccc1NC(=O)c1ncccc1C(=O)O. The Morgan fingerprint density at radius 2 is 1.95 bits per heavy atom. The van der Waals surface area contributed by atoms with Crippen LogP contribution in [-0.4, -0.2) is 28.2 Å². The van der Waals surface area contributed by atoms with Gasteiger partial charge in [-0.25, -0.2) is 4.79 Å². The zero-order valence-corrected chi connectivity index (χ0v) is 11.5. The Bertz CT molecular complexity index is 658. The zero-order chi connectivity index (χ0) is 14.5. The highest BCUT2D eigenvalue weighted by Crippen LogP contribution is 2.25. The molecule has 1 aromatic carbocycles. The molecule has 0 aliphatic heterocycles. The van der Waals surface area contributed by atoms with Crippen LogP contribution in [0.1, 0.15) is 20.8 Å². The Morgan fingerprint density at radius 1 is 1.20 bits per heavy atom. The van der Waals surface area contributed by atoms with Crippen LogP contribution < -0.4 is 5.32 Å². The van der Waals surface area contributed by atoms with Crippen LogP contribution in [0.3, 0.4) is 0 Å². The molecule has 0 spiro atoms. The summed E-state index contributed by atoms with van der Waals surface area (Å²) in [4.78, 5) is 28.0. The molecule has 0 saturated carbocycles. The van der Waals surface area contributed by atoms with Gasteiger partial charge in [-0.1, -0.05) is 12.1 Å². The van der Waals surface area contributed by atoms with Crippen molar-refractivity contribution in [2.45, 2.75) is 4.90 Å². The minimum atomic E-state index is -1.18. The second-order valence-corrected chi connectivity index (χ2v) is 4.71. The van der Waals surface area contributed by atoms with E-state index < -0.39 is 11.9 Å². The summed E-state index contributed by atoms with van der Waals surface area (Å²) in [5, 5.41) is 11.7. The van der Waals surface area contributed by atoms with Crippen LogP contribution in [-0.2, 0) is 0 Å². The number of hydrogen-bond donors (Lipinski definition) is 2. The van der Waals surface area contributed by atoms with E-state index >= 15 is 0 Å². The number of nitrogens with zero attached hydrogens (tertiary/aromatic N) is 1. The number of hydrogen-bond acceptors (Lipinski definition) is 4. The van der Waals surface area contributed by atoms with E-state index in [1.165, 1.54) is 30.1 Å². The van der Waals surface area contributed by atoms with Crippen LogP contribution in [0.15, 0.2) is 47.5 Å². The summed E-state index contributed by atoms with van der Waals surface area (Å²) < 4.78 is 0. The molecule has 0 saturated heterocycles. The molecule has 6 heteroatoms. The topological polar surface area (TPSA) is 79.3 Å². The van der Waals surface area contributed by atoms with E-state index in [2.05, 4.69) is 10.3 Å². The van der Waals surface area contributed by atoms with Crippen molar-refractivity contribution in [3.63, 3.8) is 0 Å². The maximum Gasteiger partial charge on any atom is 0.338 e. The molecule has 0 fully saturated rings. The molecular formula is C14H12N2O3S. The molecule has 1 amide bonds. The van der Waals surface area contributed by atoms with Gasteiger partial charge in [-0.2, -0.15) is 0 Å². The van der Waals surface area contributed by atoms with Gasteiger partial charge in [-0.15, -0.1) is 11.8 Å². The Kier molecular flexibility index (Phi) is 4.37. The number of thioether (sulfide) groups is 1. The summed E-state index contributed by atoms with van der Waals surface area (Å²) in [5.74, 6) is -1.72. The highest BCUT2D eigenvalue weighted by atomic mass is 32.2. The van der Waals surface area contributed by atoms with E-state index in [1.807, 2.05) is 18.4 Å². The third-order valence-corrected chi connectivity index (χ3v) is 3.40. The lowest BCUT2D eigenvalue weighted by molar-refractivity contribution is 0.0691. The molecule has 20 heavy (non-hydrogen) atoms. The number of carbonyl (C=O) groups excluding carboxylic acids is 1. The van der Waals surface area contributed by atoms with Crippen molar-refractivity contribution in [3.05, 3.63) is 53.9 Å². The molecule has 0 atom stereocenters. The molecule has 1 heterocycles. The normalized spacial score (nSPS) is 10.1. The van der Waals surface area contributed by atoms with Crippen LogP contribution in [0.4, 0.5) is 5.69 Å². The number of benzene rings is 1. The standard InChI is InChI=1S/C14H12N2O3S/c1-20-11-7-3-2-6-10(11)16-13(17)12-9(14(18)19)5-4-8-15-12/h2-8H,1H3,(H,16,17)(H,18,19). The first kappa shape index (κ1) is 14.1. The van der Waals surface area contributed by atoms with E-state index in [-0.39, 0.29) is 11.3 Å². The second kappa shape index (κ2) is 6.21. The van der Waals surface area contributed by atoms with Crippen LogP contribution in [0.25, 0.3) is 0 Å². The maximum absolute atomic E-state index is 12.2. The number of rotatable bonds is 4. The van der Waals surface area contributed by atoms with E-state index in [0.29, 0.717) is 5.69 Å². The van der Waals surface area contributed by atoms with Gasteiger partial charge in [-0.05, 0) is 30.5 Å². The molecule has 2 N–H and O–H groups in total. The molecule has 0 aliphatic carbocycles. The molecule has 5 nitrogen and oxygen atoms in total. The molecule has 0 aliphatic rings. The maximum atomic E-state index is 12.2. The number of pyridine rings is 1. The van der Waals surface area contributed by atoms with E-state index in [4.69, 9.17) is 5.11 Å². The number of nitrogens with one attached hydrogen (secondary N) is 1. The third-order valence-electron chi connectivity index (χ3n) is 2.61. The molecule has 2 rings (SSSR count). The number of amides is 1. The van der Waals surface area contributed by atoms with Crippen molar-refractivity contribution < 1.29 is 14.7 Å². The molecule has 0 unspecified atom stereocenters. The van der Waals surface area contributed by atoms with Crippen molar-refractivity contribution in [3.8, 4) is 0 Å². The van der Waals surface area contributed by atoms with Crippen molar-refractivity contribution in [1.82, 2.24) is 4.98 Å². The summed E-state index contributed by atoms with van der Waals surface area (Å²) in [6.07, 6.45) is 3.29.